The minimum atomic E-state index is 0.763. The van der Waals surface area contributed by atoms with Crippen LogP contribution in [0.1, 0.15) is 38.2 Å². The third-order valence-electron chi connectivity index (χ3n) is 5.62. The van der Waals surface area contributed by atoms with Crippen molar-refractivity contribution < 1.29 is 4.74 Å². The number of nitrogens with zero attached hydrogens (tertiary/aromatic N) is 2. The maximum atomic E-state index is 5.96. The molecule has 0 unspecified atom stereocenters. The summed E-state index contributed by atoms with van der Waals surface area (Å²) in [6.07, 6.45) is 5.24. The highest BCUT2D eigenvalue weighted by Crippen LogP contribution is 2.36. The Morgan fingerprint density at radius 2 is 1.70 bits per heavy atom. The molecule has 1 aromatic carbocycles. The Balaban J connectivity index is 1.65. The van der Waals surface area contributed by atoms with E-state index >= 15 is 0 Å². The summed E-state index contributed by atoms with van der Waals surface area (Å²) in [4.78, 5) is 5.21. The van der Waals surface area contributed by atoms with Gasteiger partial charge in [-0.25, -0.2) is 0 Å². The predicted octanol–water partition coefficient (Wildman–Crippen LogP) is 3.29. The lowest BCUT2D eigenvalue weighted by atomic mass is 9.94. The molecule has 2 fully saturated rings. The van der Waals surface area contributed by atoms with E-state index in [9.17, 15) is 0 Å². The molecule has 4 nitrogen and oxygen atoms in total. The van der Waals surface area contributed by atoms with Crippen molar-refractivity contribution >= 4 is 11.4 Å². The van der Waals surface area contributed by atoms with Crippen molar-refractivity contribution in [1.82, 2.24) is 4.90 Å². The highest BCUT2D eigenvalue weighted by atomic mass is 16.5. The van der Waals surface area contributed by atoms with Crippen molar-refractivity contribution in [2.24, 2.45) is 5.92 Å². The second-order valence-corrected chi connectivity index (χ2v) is 7.33. The van der Waals surface area contributed by atoms with Crippen LogP contribution in [0.3, 0.4) is 0 Å². The summed E-state index contributed by atoms with van der Waals surface area (Å²) in [5.74, 6) is 1.82. The van der Waals surface area contributed by atoms with E-state index in [1.54, 1.807) is 7.11 Å². The van der Waals surface area contributed by atoms with Crippen molar-refractivity contribution in [2.45, 2.75) is 45.6 Å². The molecule has 23 heavy (non-hydrogen) atoms. The standard InChI is InChI=1S/C19H31N3O/c1-14-4-8-21(9-5-14)17-6-10-22(11-7-17)19-15(2)12-16(20)13-18(19)23-3/h12-14,17H,4-11,20H2,1-3H3. The van der Waals surface area contributed by atoms with E-state index < -0.39 is 0 Å². The highest BCUT2D eigenvalue weighted by molar-refractivity contribution is 5.69. The third-order valence-corrected chi connectivity index (χ3v) is 5.62. The number of hydrogen-bond donors (Lipinski definition) is 1. The summed E-state index contributed by atoms with van der Waals surface area (Å²) in [5, 5.41) is 0. The van der Waals surface area contributed by atoms with Crippen molar-refractivity contribution in [3.8, 4) is 5.75 Å². The Morgan fingerprint density at radius 3 is 2.30 bits per heavy atom. The molecule has 0 aromatic heterocycles. The predicted molar refractivity (Wildman–Crippen MR) is 97.3 cm³/mol. The van der Waals surface area contributed by atoms with Gasteiger partial charge in [-0.2, -0.15) is 0 Å². The lowest BCUT2D eigenvalue weighted by molar-refractivity contribution is 0.120. The second kappa shape index (κ2) is 7.00. The maximum absolute atomic E-state index is 5.96. The Hall–Kier alpha value is -1.42. The van der Waals surface area contributed by atoms with Crippen LogP contribution in [0.2, 0.25) is 0 Å². The smallest absolute Gasteiger partial charge is 0.144 e. The molecule has 4 heteroatoms. The SMILES string of the molecule is COc1cc(N)cc(C)c1N1CCC(N2CCC(C)CC2)CC1. The molecule has 0 bridgehead atoms. The fraction of sp³-hybridized carbons (Fsp3) is 0.684. The van der Waals surface area contributed by atoms with Gasteiger partial charge in [-0.1, -0.05) is 6.92 Å². The number of anilines is 2. The summed E-state index contributed by atoms with van der Waals surface area (Å²) >= 11 is 0. The summed E-state index contributed by atoms with van der Waals surface area (Å²) in [6.45, 7) is 9.31. The number of aryl methyl sites for hydroxylation is 1. The van der Waals surface area contributed by atoms with Crippen LogP contribution in [0.25, 0.3) is 0 Å². The van der Waals surface area contributed by atoms with Gasteiger partial charge in [-0.15, -0.1) is 0 Å². The van der Waals surface area contributed by atoms with Crippen molar-refractivity contribution in [2.75, 3.05) is 43.9 Å². The molecule has 128 valence electrons. The number of rotatable bonds is 3. The molecule has 0 saturated carbocycles. The zero-order chi connectivity index (χ0) is 16.4. The molecular weight excluding hydrogens is 286 g/mol. The Labute approximate surface area is 140 Å². The number of benzene rings is 1. The number of hydrogen-bond acceptors (Lipinski definition) is 4. The van der Waals surface area contributed by atoms with Crippen LogP contribution in [0.15, 0.2) is 12.1 Å². The fourth-order valence-electron chi connectivity index (χ4n) is 4.18. The van der Waals surface area contributed by atoms with Gasteiger partial charge in [-0.05, 0) is 63.2 Å². The van der Waals surface area contributed by atoms with Gasteiger partial charge in [0.05, 0.1) is 12.8 Å². The van der Waals surface area contributed by atoms with E-state index in [0.717, 1.165) is 36.5 Å². The quantitative estimate of drug-likeness (QED) is 0.869. The van der Waals surface area contributed by atoms with E-state index in [4.69, 9.17) is 10.5 Å². The lowest BCUT2D eigenvalue weighted by Gasteiger charge is -2.42. The van der Waals surface area contributed by atoms with Crippen LogP contribution in [-0.2, 0) is 0 Å². The molecular formula is C19H31N3O. The molecule has 0 spiro atoms. The average Bonchev–Trinajstić information content (AvgIpc) is 2.55. The second-order valence-electron chi connectivity index (χ2n) is 7.33. The van der Waals surface area contributed by atoms with Gasteiger partial charge in [0.15, 0.2) is 0 Å². The summed E-state index contributed by atoms with van der Waals surface area (Å²) < 4.78 is 5.58. The zero-order valence-corrected chi connectivity index (χ0v) is 14.8. The summed E-state index contributed by atoms with van der Waals surface area (Å²) in [6, 6.07) is 4.76. The summed E-state index contributed by atoms with van der Waals surface area (Å²) in [7, 11) is 1.74. The van der Waals surface area contributed by atoms with Gasteiger partial charge < -0.3 is 20.3 Å². The van der Waals surface area contributed by atoms with E-state index in [1.165, 1.54) is 50.0 Å². The fourth-order valence-corrected chi connectivity index (χ4v) is 4.18. The number of piperidine rings is 2. The van der Waals surface area contributed by atoms with Crippen molar-refractivity contribution in [1.29, 1.82) is 0 Å². The first-order valence-electron chi connectivity index (χ1n) is 9.01. The first kappa shape index (κ1) is 16.4. The van der Waals surface area contributed by atoms with E-state index in [1.807, 2.05) is 6.07 Å². The van der Waals surface area contributed by atoms with Crippen LogP contribution in [-0.4, -0.2) is 44.2 Å². The van der Waals surface area contributed by atoms with E-state index in [0.29, 0.717) is 0 Å². The number of ether oxygens (including phenoxy) is 1. The first-order valence-corrected chi connectivity index (χ1v) is 9.01. The molecule has 2 N–H and O–H groups in total. The molecule has 2 saturated heterocycles. The number of likely N-dealkylation sites (tertiary alicyclic amines) is 1. The molecule has 0 atom stereocenters. The molecule has 0 radical (unpaired) electrons. The minimum Gasteiger partial charge on any atom is -0.494 e. The van der Waals surface area contributed by atoms with Crippen molar-refractivity contribution in [3.05, 3.63) is 17.7 Å². The van der Waals surface area contributed by atoms with Crippen LogP contribution in [0.5, 0.6) is 5.75 Å². The monoisotopic (exact) mass is 317 g/mol. The molecule has 0 amide bonds. The molecule has 2 heterocycles. The van der Waals surface area contributed by atoms with Gasteiger partial charge in [-0.3, -0.25) is 0 Å². The maximum Gasteiger partial charge on any atom is 0.144 e. The Bertz CT molecular complexity index is 530. The van der Waals surface area contributed by atoms with Gasteiger partial charge in [0.25, 0.3) is 0 Å². The number of methoxy groups -OCH3 is 1. The van der Waals surface area contributed by atoms with Crippen LogP contribution in [0.4, 0.5) is 11.4 Å². The molecule has 0 aliphatic carbocycles. The minimum absolute atomic E-state index is 0.763. The Kier molecular flexibility index (Phi) is 5.00. The Morgan fingerprint density at radius 1 is 1.04 bits per heavy atom. The molecule has 1 aromatic rings. The normalized spacial score (nSPS) is 21.6. The number of nitrogens with two attached hydrogens (primary N) is 1. The zero-order valence-electron chi connectivity index (χ0n) is 14.8. The molecule has 2 aliphatic heterocycles. The van der Waals surface area contributed by atoms with Crippen LogP contribution < -0.4 is 15.4 Å². The third kappa shape index (κ3) is 3.57. The topological polar surface area (TPSA) is 41.7 Å². The van der Waals surface area contributed by atoms with Gasteiger partial charge in [0, 0.05) is 30.9 Å². The van der Waals surface area contributed by atoms with Gasteiger partial charge >= 0.3 is 0 Å². The van der Waals surface area contributed by atoms with Crippen LogP contribution in [0, 0.1) is 12.8 Å². The van der Waals surface area contributed by atoms with Gasteiger partial charge in [0.2, 0.25) is 0 Å². The first-order chi connectivity index (χ1) is 11.1. The lowest BCUT2D eigenvalue weighted by Crippen LogP contribution is -2.47. The van der Waals surface area contributed by atoms with Crippen molar-refractivity contribution in [3.63, 3.8) is 0 Å². The van der Waals surface area contributed by atoms with E-state index in [-0.39, 0.29) is 0 Å². The van der Waals surface area contributed by atoms with E-state index in [2.05, 4.69) is 29.7 Å². The largest absolute Gasteiger partial charge is 0.494 e. The highest BCUT2D eigenvalue weighted by Gasteiger charge is 2.28. The summed E-state index contributed by atoms with van der Waals surface area (Å²) in [5.41, 5.74) is 9.18. The average molecular weight is 317 g/mol. The van der Waals surface area contributed by atoms with Crippen LogP contribution >= 0.6 is 0 Å². The van der Waals surface area contributed by atoms with Gasteiger partial charge in [0.1, 0.15) is 5.75 Å². The molecule has 2 aliphatic rings. The molecule has 3 rings (SSSR count). The number of nitrogen functional groups attached to an aromatic ring is 1.